The van der Waals surface area contributed by atoms with E-state index in [0.29, 0.717) is 42.9 Å². The van der Waals surface area contributed by atoms with Gasteiger partial charge in [-0.2, -0.15) is 5.10 Å². The van der Waals surface area contributed by atoms with Crippen molar-refractivity contribution in [1.29, 1.82) is 0 Å². The normalized spacial score (nSPS) is 14.3. The number of imidazole rings is 1. The molecule has 3 heterocycles. The van der Waals surface area contributed by atoms with Gasteiger partial charge in [-0.3, -0.25) is 9.36 Å². The number of aromatic amines is 1. The molecule has 7 nitrogen and oxygen atoms in total. The summed E-state index contributed by atoms with van der Waals surface area (Å²) >= 11 is 0. The second-order valence-electron chi connectivity index (χ2n) is 9.94. The van der Waals surface area contributed by atoms with Crippen molar-refractivity contribution >= 4 is 16.9 Å². The minimum absolute atomic E-state index is 0.000559. The second-order valence-corrected chi connectivity index (χ2v) is 9.94. The lowest BCUT2D eigenvalue weighted by molar-refractivity contribution is 0.0685. The van der Waals surface area contributed by atoms with Gasteiger partial charge < -0.3 is 9.88 Å². The van der Waals surface area contributed by atoms with Crippen LogP contribution >= 0.6 is 0 Å². The number of nitrogens with zero attached hydrogens (tertiary/aromatic N) is 4. The van der Waals surface area contributed by atoms with Crippen LogP contribution in [0.15, 0.2) is 77.6 Å². The Kier molecular flexibility index (Phi) is 5.94. The lowest BCUT2D eigenvalue weighted by atomic mass is 10.0. The molecule has 0 saturated carbocycles. The molecule has 8 heteroatoms. The Labute approximate surface area is 219 Å². The average Bonchev–Trinajstić information content (AvgIpc) is 3.51. The summed E-state index contributed by atoms with van der Waals surface area (Å²) < 4.78 is 18.1. The summed E-state index contributed by atoms with van der Waals surface area (Å²) in [5.41, 5.74) is 5.51. The third-order valence-electron chi connectivity index (χ3n) is 7.41. The van der Waals surface area contributed by atoms with Crippen molar-refractivity contribution < 1.29 is 9.18 Å². The molecule has 5 aromatic rings. The predicted octanol–water partition coefficient (Wildman–Crippen LogP) is 5.42. The topological polar surface area (TPSA) is 75.9 Å². The van der Waals surface area contributed by atoms with Gasteiger partial charge in [-0.05, 0) is 74.2 Å². The standard InChI is InChI=1S/C30H28FN5O2/c1-19-11-12-20(2)27(17-19)36-28(18-25(33-36)22-7-3-4-8-23(22)31)29(37)34-15-13-21(14-16-34)35-26-10-6-5-9-24(26)32-30(35)38/h3-12,17-18,21H,13-16H2,1-2H3,(H,32,38). The Hall–Kier alpha value is -4.46. The third-order valence-corrected chi connectivity index (χ3v) is 7.41. The minimum atomic E-state index is -0.387. The van der Waals surface area contributed by atoms with E-state index in [2.05, 4.69) is 4.98 Å². The van der Waals surface area contributed by atoms with Crippen LogP contribution in [-0.4, -0.2) is 43.2 Å². The molecule has 2 aromatic heterocycles. The quantitative estimate of drug-likeness (QED) is 0.352. The fourth-order valence-electron chi connectivity index (χ4n) is 5.39. The van der Waals surface area contributed by atoms with Crippen LogP contribution in [0.25, 0.3) is 28.0 Å². The third kappa shape index (κ3) is 4.12. The molecule has 0 aliphatic carbocycles. The van der Waals surface area contributed by atoms with Gasteiger partial charge in [0.25, 0.3) is 5.91 Å². The summed E-state index contributed by atoms with van der Waals surface area (Å²) in [6.45, 7) is 4.96. The van der Waals surface area contributed by atoms with Gasteiger partial charge in [-0.1, -0.05) is 36.4 Å². The van der Waals surface area contributed by atoms with E-state index in [1.54, 1.807) is 33.8 Å². The number of para-hydroxylation sites is 2. The van der Waals surface area contributed by atoms with E-state index in [0.717, 1.165) is 27.8 Å². The number of hydrogen-bond donors (Lipinski definition) is 1. The Balaban J connectivity index is 1.33. The zero-order valence-electron chi connectivity index (χ0n) is 21.3. The number of nitrogens with one attached hydrogen (secondary N) is 1. The molecule has 38 heavy (non-hydrogen) atoms. The van der Waals surface area contributed by atoms with E-state index >= 15 is 0 Å². The molecule has 3 aromatic carbocycles. The highest BCUT2D eigenvalue weighted by atomic mass is 19.1. The van der Waals surface area contributed by atoms with Crippen LogP contribution in [0.5, 0.6) is 0 Å². The van der Waals surface area contributed by atoms with Crippen LogP contribution in [0.1, 0.15) is 40.5 Å². The number of likely N-dealkylation sites (tertiary alicyclic amines) is 1. The van der Waals surface area contributed by atoms with Crippen molar-refractivity contribution in [3.63, 3.8) is 0 Å². The lowest BCUT2D eigenvalue weighted by Crippen LogP contribution is -2.41. The Morgan fingerprint density at radius 1 is 0.974 bits per heavy atom. The van der Waals surface area contributed by atoms with Crippen LogP contribution in [0.2, 0.25) is 0 Å². The molecule has 1 saturated heterocycles. The van der Waals surface area contributed by atoms with Gasteiger partial charge in [0.1, 0.15) is 11.5 Å². The minimum Gasteiger partial charge on any atom is -0.337 e. The molecule has 0 spiro atoms. The SMILES string of the molecule is Cc1ccc(C)c(-n2nc(-c3ccccc3F)cc2C(=O)N2CCC(n3c(=O)[nH]c4ccccc43)CC2)c1. The fourth-order valence-corrected chi connectivity index (χ4v) is 5.39. The molecular weight excluding hydrogens is 481 g/mol. The van der Waals surface area contributed by atoms with Crippen LogP contribution in [0.4, 0.5) is 4.39 Å². The van der Waals surface area contributed by atoms with Crippen LogP contribution in [0.3, 0.4) is 0 Å². The number of halogens is 1. The molecule has 6 rings (SSSR count). The van der Waals surface area contributed by atoms with E-state index < -0.39 is 0 Å². The predicted molar refractivity (Wildman–Crippen MR) is 145 cm³/mol. The summed E-state index contributed by atoms with van der Waals surface area (Å²) in [7, 11) is 0. The first-order chi connectivity index (χ1) is 18.4. The number of carbonyl (C=O) groups is 1. The van der Waals surface area contributed by atoms with Crippen LogP contribution in [-0.2, 0) is 0 Å². The highest BCUT2D eigenvalue weighted by Crippen LogP contribution is 2.29. The second kappa shape index (κ2) is 9.45. The van der Waals surface area contributed by atoms with Crippen molar-refractivity contribution in [3.05, 3.63) is 106 Å². The maximum atomic E-state index is 14.7. The number of carbonyl (C=O) groups excluding carboxylic acids is 1. The molecule has 0 unspecified atom stereocenters. The van der Waals surface area contributed by atoms with Crippen molar-refractivity contribution in [2.45, 2.75) is 32.7 Å². The first-order valence-corrected chi connectivity index (χ1v) is 12.8. The maximum absolute atomic E-state index is 14.7. The smallest absolute Gasteiger partial charge is 0.326 e. The van der Waals surface area contributed by atoms with Crippen LogP contribution < -0.4 is 5.69 Å². The van der Waals surface area contributed by atoms with Gasteiger partial charge in [-0.15, -0.1) is 0 Å². The van der Waals surface area contributed by atoms with Gasteiger partial charge >= 0.3 is 5.69 Å². The Morgan fingerprint density at radius 3 is 2.50 bits per heavy atom. The number of aryl methyl sites for hydroxylation is 2. The highest BCUT2D eigenvalue weighted by molar-refractivity contribution is 5.94. The molecule has 1 aliphatic heterocycles. The molecule has 0 atom stereocenters. The van der Waals surface area contributed by atoms with E-state index in [-0.39, 0.29) is 23.5 Å². The number of amides is 1. The number of aromatic nitrogens is 4. The van der Waals surface area contributed by atoms with E-state index in [1.165, 1.54) is 6.07 Å². The summed E-state index contributed by atoms with van der Waals surface area (Å²) in [4.78, 5) is 31.3. The molecule has 192 valence electrons. The fraction of sp³-hybridized carbons (Fsp3) is 0.233. The molecule has 0 bridgehead atoms. The number of fused-ring (bicyclic) bond motifs is 1. The molecule has 1 aliphatic rings. The van der Waals surface area contributed by atoms with E-state index in [4.69, 9.17) is 5.10 Å². The van der Waals surface area contributed by atoms with E-state index in [1.807, 2.05) is 60.9 Å². The number of rotatable bonds is 4. The summed E-state index contributed by atoms with van der Waals surface area (Å²) in [6, 6.07) is 21.8. The maximum Gasteiger partial charge on any atom is 0.326 e. The largest absolute Gasteiger partial charge is 0.337 e. The summed E-state index contributed by atoms with van der Waals surface area (Å²) in [5.74, 6) is -0.548. The zero-order valence-corrected chi connectivity index (χ0v) is 21.3. The van der Waals surface area contributed by atoms with Crippen molar-refractivity contribution in [1.82, 2.24) is 24.2 Å². The zero-order chi connectivity index (χ0) is 26.4. The van der Waals surface area contributed by atoms with Gasteiger partial charge in [-0.25, -0.2) is 13.9 Å². The number of H-pyrrole nitrogens is 1. The average molecular weight is 510 g/mol. The number of hydrogen-bond acceptors (Lipinski definition) is 3. The summed E-state index contributed by atoms with van der Waals surface area (Å²) in [5, 5.41) is 4.71. The molecule has 1 N–H and O–H groups in total. The highest BCUT2D eigenvalue weighted by Gasteiger charge is 2.29. The van der Waals surface area contributed by atoms with E-state index in [9.17, 15) is 14.0 Å². The summed E-state index contributed by atoms with van der Waals surface area (Å²) in [6.07, 6.45) is 1.32. The van der Waals surface area contributed by atoms with Gasteiger partial charge in [0.05, 0.1) is 22.4 Å². The Morgan fingerprint density at radius 2 is 1.71 bits per heavy atom. The molecular formula is C30H28FN5O2. The van der Waals surface area contributed by atoms with Gasteiger partial charge in [0, 0.05) is 24.7 Å². The van der Waals surface area contributed by atoms with Gasteiger partial charge in [0.15, 0.2) is 0 Å². The van der Waals surface area contributed by atoms with Crippen LogP contribution in [0, 0.1) is 19.7 Å². The van der Waals surface area contributed by atoms with Gasteiger partial charge in [0.2, 0.25) is 0 Å². The number of benzene rings is 3. The molecule has 0 radical (unpaired) electrons. The molecule has 1 fully saturated rings. The van der Waals surface area contributed by atoms with Crippen molar-refractivity contribution in [2.75, 3.05) is 13.1 Å². The van der Waals surface area contributed by atoms with Crippen molar-refractivity contribution in [3.8, 4) is 16.9 Å². The molecule has 1 amide bonds. The number of piperidine rings is 1. The van der Waals surface area contributed by atoms with Crippen molar-refractivity contribution in [2.24, 2.45) is 0 Å². The lowest BCUT2D eigenvalue weighted by Gasteiger charge is -2.32. The Bertz CT molecular complexity index is 1720. The monoisotopic (exact) mass is 509 g/mol. The first-order valence-electron chi connectivity index (χ1n) is 12.8. The first kappa shape index (κ1) is 23.9.